The molecule has 3 heteroatoms. The van der Waals surface area contributed by atoms with Crippen LogP contribution in [0.4, 0.5) is 0 Å². The Hall–Kier alpha value is -1.97. The maximum Gasteiger partial charge on any atom is 0.0991 e. The SMILES string of the molecule is C/C(=C\c1ccccc1)CN1C[C@H]2CCC[C@@H](C1)C2(O)c1cccnc1. The molecule has 4 rings (SSSR count). The zero-order valence-electron chi connectivity index (χ0n) is 15.5. The van der Waals surface area contributed by atoms with Gasteiger partial charge in [-0.15, -0.1) is 0 Å². The Morgan fingerprint density at radius 1 is 1.15 bits per heavy atom. The van der Waals surface area contributed by atoms with Gasteiger partial charge in [-0.05, 0) is 31.4 Å². The van der Waals surface area contributed by atoms with Crippen LogP contribution in [0.1, 0.15) is 37.3 Å². The van der Waals surface area contributed by atoms with Crippen molar-refractivity contribution in [3.8, 4) is 0 Å². The van der Waals surface area contributed by atoms with E-state index in [4.69, 9.17) is 0 Å². The molecule has 2 bridgehead atoms. The molecule has 3 nitrogen and oxygen atoms in total. The van der Waals surface area contributed by atoms with Crippen LogP contribution in [0, 0.1) is 11.8 Å². The number of pyridine rings is 1. The number of rotatable bonds is 4. The molecule has 1 aliphatic carbocycles. The van der Waals surface area contributed by atoms with E-state index in [-0.39, 0.29) is 0 Å². The lowest BCUT2D eigenvalue weighted by Crippen LogP contribution is -2.58. The molecule has 0 amide bonds. The summed E-state index contributed by atoms with van der Waals surface area (Å²) in [4.78, 5) is 6.80. The van der Waals surface area contributed by atoms with Gasteiger partial charge in [0.25, 0.3) is 0 Å². The smallest absolute Gasteiger partial charge is 0.0991 e. The molecule has 0 spiro atoms. The number of hydrogen-bond acceptors (Lipinski definition) is 3. The van der Waals surface area contributed by atoms with Gasteiger partial charge in [0.2, 0.25) is 0 Å². The summed E-state index contributed by atoms with van der Waals surface area (Å²) >= 11 is 0. The van der Waals surface area contributed by atoms with Gasteiger partial charge in [-0.2, -0.15) is 0 Å². The van der Waals surface area contributed by atoms with Crippen LogP contribution in [-0.4, -0.2) is 34.6 Å². The van der Waals surface area contributed by atoms with Crippen LogP contribution in [-0.2, 0) is 5.60 Å². The molecule has 136 valence electrons. The summed E-state index contributed by atoms with van der Waals surface area (Å²) in [5.74, 6) is 0.590. The number of fused-ring (bicyclic) bond motifs is 2. The van der Waals surface area contributed by atoms with Crippen molar-refractivity contribution in [1.29, 1.82) is 0 Å². The standard InChI is InChI=1S/C23H28N2O/c1-18(13-19-7-3-2-4-8-19)15-25-16-21-9-5-10-22(17-25)23(21,26)20-11-6-12-24-14-20/h2-4,6-8,11-14,21-22,26H,5,9-10,15-17H2,1H3/b18-13+/t21-,22+,23?. The van der Waals surface area contributed by atoms with Gasteiger partial charge in [-0.25, -0.2) is 0 Å². The highest BCUT2D eigenvalue weighted by Gasteiger charge is 2.51. The van der Waals surface area contributed by atoms with Crippen LogP contribution in [0.2, 0.25) is 0 Å². The van der Waals surface area contributed by atoms with Gasteiger partial charge >= 0.3 is 0 Å². The summed E-state index contributed by atoms with van der Waals surface area (Å²) in [7, 11) is 0. The van der Waals surface area contributed by atoms with Gasteiger partial charge < -0.3 is 5.11 Å². The Morgan fingerprint density at radius 3 is 2.54 bits per heavy atom. The lowest BCUT2D eigenvalue weighted by molar-refractivity contribution is -0.145. The highest BCUT2D eigenvalue weighted by Crippen LogP contribution is 2.49. The predicted octanol–water partition coefficient (Wildman–Crippen LogP) is 4.10. The minimum atomic E-state index is -0.708. The Labute approximate surface area is 156 Å². The van der Waals surface area contributed by atoms with E-state index >= 15 is 0 Å². The van der Waals surface area contributed by atoms with Crippen LogP contribution in [0.25, 0.3) is 6.08 Å². The third kappa shape index (κ3) is 3.34. The predicted molar refractivity (Wildman–Crippen MR) is 105 cm³/mol. The zero-order valence-corrected chi connectivity index (χ0v) is 15.5. The third-order valence-electron chi connectivity index (χ3n) is 6.12. The van der Waals surface area contributed by atoms with E-state index in [0.717, 1.165) is 38.0 Å². The lowest BCUT2D eigenvalue weighted by atomic mass is 9.63. The second-order valence-corrected chi connectivity index (χ2v) is 7.99. The normalized spacial score (nSPS) is 29.5. The van der Waals surface area contributed by atoms with E-state index in [1.807, 2.05) is 12.3 Å². The second-order valence-electron chi connectivity index (χ2n) is 7.99. The van der Waals surface area contributed by atoms with E-state index in [2.05, 4.69) is 59.3 Å². The van der Waals surface area contributed by atoms with Crippen molar-refractivity contribution < 1.29 is 5.11 Å². The average molecular weight is 348 g/mol. The van der Waals surface area contributed by atoms with E-state index in [1.54, 1.807) is 6.20 Å². The third-order valence-corrected chi connectivity index (χ3v) is 6.12. The molecule has 1 aromatic carbocycles. The largest absolute Gasteiger partial charge is 0.384 e. The molecule has 1 saturated heterocycles. The first-order valence-electron chi connectivity index (χ1n) is 9.73. The van der Waals surface area contributed by atoms with Gasteiger partial charge in [0.05, 0.1) is 5.60 Å². The van der Waals surface area contributed by atoms with Gasteiger partial charge in [0.1, 0.15) is 0 Å². The maximum absolute atomic E-state index is 11.6. The number of benzene rings is 1. The summed E-state index contributed by atoms with van der Waals surface area (Å²) in [6.07, 6.45) is 9.35. The summed E-state index contributed by atoms with van der Waals surface area (Å²) in [6.45, 7) is 5.11. The van der Waals surface area contributed by atoms with E-state index < -0.39 is 5.60 Å². The first-order valence-corrected chi connectivity index (χ1v) is 9.73. The molecule has 1 N–H and O–H groups in total. The molecule has 1 saturated carbocycles. The first kappa shape index (κ1) is 17.4. The minimum Gasteiger partial charge on any atom is -0.384 e. The van der Waals surface area contributed by atoms with Gasteiger partial charge in [0.15, 0.2) is 0 Å². The molecule has 1 aromatic heterocycles. The molecule has 1 aliphatic heterocycles. The molecule has 2 heterocycles. The fraction of sp³-hybridized carbons (Fsp3) is 0.435. The van der Waals surface area contributed by atoms with E-state index in [0.29, 0.717) is 11.8 Å². The van der Waals surface area contributed by atoms with Crippen molar-refractivity contribution in [2.24, 2.45) is 11.8 Å². The van der Waals surface area contributed by atoms with Gasteiger partial charge in [-0.3, -0.25) is 9.88 Å². The van der Waals surface area contributed by atoms with Crippen LogP contribution in [0.3, 0.4) is 0 Å². The number of hydrogen-bond donors (Lipinski definition) is 1. The number of piperidine rings is 1. The second kappa shape index (κ2) is 7.34. The highest BCUT2D eigenvalue weighted by atomic mass is 16.3. The highest BCUT2D eigenvalue weighted by molar-refractivity contribution is 5.52. The topological polar surface area (TPSA) is 36.4 Å². The molecule has 1 unspecified atom stereocenters. The summed E-state index contributed by atoms with van der Waals surface area (Å²) < 4.78 is 0. The molecule has 2 aliphatic rings. The number of likely N-dealkylation sites (tertiary alicyclic amines) is 1. The van der Waals surface area contributed by atoms with Crippen molar-refractivity contribution in [1.82, 2.24) is 9.88 Å². The Balaban J connectivity index is 1.51. The summed E-state index contributed by atoms with van der Waals surface area (Å²) in [6, 6.07) is 14.5. The molecule has 2 aromatic rings. The van der Waals surface area contributed by atoms with E-state index in [9.17, 15) is 5.11 Å². The minimum absolute atomic E-state index is 0.295. The Kier molecular flexibility index (Phi) is 4.92. The van der Waals surface area contributed by atoms with Crippen molar-refractivity contribution in [2.45, 2.75) is 31.8 Å². The van der Waals surface area contributed by atoms with Gasteiger partial charge in [-0.1, -0.05) is 54.5 Å². The summed E-state index contributed by atoms with van der Waals surface area (Å²) in [5.41, 5.74) is 2.93. The quantitative estimate of drug-likeness (QED) is 0.903. The number of aliphatic hydroxyl groups is 1. The van der Waals surface area contributed by atoms with Crippen molar-refractivity contribution in [2.75, 3.05) is 19.6 Å². The van der Waals surface area contributed by atoms with Crippen molar-refractivity contribution in [3.05, 3.63) is 71.6 Å². The summed E-state index contributed by atoms with van der Waals surface area (Å²) in [5, 5.41) is 11.6. The van der Waals surface area contributed by atoms with Crippen LogP contribution < -0.4 is 0 Å². The maximum atomic E-state index is 11.6. The molecule has 2 fully saturated rings. The lowest BCUT2D eigenvalue weighted by Gasteiger charge is -2.53. The molecule has 3 atom stereocenters. The fourth-order valence-electron chi connectivity index (χ4n) is 4.98. The molecule has 26 heavy (non-hydrogen) atoms. The van der Waals surface area contributed by atoms with Crippen LogP contribution >= 0.6 is 0 Å². The van der Waals surface area contributed by atoms with Crippen LogP contribution in [0.5, 0.6) is 0 Å². The Bertz CT molecular complexity index is 742. The fourth-order valence-corrected chi connectivity index (χ4v) is 4.98. The molecular weight excluding hydrogens is 320 g/mol. The monoisotopic (exact) mass is 348 g/mol. The zero-order chi connectivity index (χ0) is 18.0. The van der Waals surface area contributed by atoms with Crippen LogP contribution in [0.15, 0.2) is 60.4 Å². The first-order chi connectivity index (χ1) is 12.7. The molecular formula is C23H28N2O. The van der Waals surface area contributed by atoms with E-state index in [1.165, 1.54) is 17.6 Å². The molecule has 0 radical (unpaired) electrons. The Morgan fingerprint density at radius 2 is 1.88 bits per heavy atom. The number of nitrogens with zero attached hydrogens (tertiary/aromatic N) is 2. The average Bonchev–Trinajstić information content (AvgIpc) is 2.64. The van der Waals surface area contributed by atoms with Crippen molar-refractivity contribution in [3.63, 3.8) is 0 Å². The number of aromatic nitrogens is 1. The van der Waals surface area contributed by atoms with Gasteiger partial charge in [0, 0.05) is 49.4 Å². The van der Waals surface area contributed by atoms with Crippen molar-refractivity contribution >= 4 is 6.08 Å².